The molecule has 7 rings (SSSR count). The molecule has 2 aromatic carbocycles. The van der Waals surface area contributed by atoms with E-state index in [2.05, 4.69) is 46.1 Å². The zero-order valence-electron chi connectivity index (χ0n) is 31.5. The predicted molar refractivity (Wildman–Crippen MR) is 205 cm³/mol. The van der Waals surface area contributed by atoms with Gasteiger partial charge in [-0.25, -0.2) is 22.8 Å². The molecule has 1 unspecified atom stereocenters. The van der Waals surface area contributed by atoms with Crippen LogP contribution in [0.2, 0.25) is 0 Å². The minimum atomic E-state index is -4.85. The maximum Gasteiger partial charge on any atom is 0.421 e. The smallest absolute Gasteiger partial charge is 0.371 e. The van der Waals surface area contributed by atoms with Crippen molar-refractivity contribution in [1.82, 2.24) is 35.5 Å². The van der Waals surface area contributed by atoms with Crippen LogP contribution in [0.15, 0.2) is 55.0 Å². The monoisotopic (exact) mass is 839 g/mol. The van der Waals surface area contributed by atoms with Gasteiger partial charge in [-0.1, -0.05) is 6.07 Å². The van der Waals surface area contributed by atoms with Gasteiger partial charge in [-0.05, 0) is 49.6 Å². The highest BCUT2D eigenvalue weighted by molar-refractivity contribution is 7.92. The number of benzene rings is 2. The third-order valence-corrected chi connectivity index (χ3v) is 11.4. The number of imide groups is 2. The van der Waals surface area contributed by atoms with Crippen molar-refractivity contribution in [1.29, 1.82) is 0 Å². The third kappa shape index (κ3) is 8.77. The molecule has 0 bridgehead atoms. The number of sulfonamides is 1. The van der Waals surface area contributed by atoms with Crippen LogP contribution in [0.1, 0.15) is 63.2 Å². The first kappa shape index (κ1) is 40.9. The average Bonchev–Trinajstić information content (AvgIpc) is 3.44. The fourth-order valence-electron chi connectivity index (χ4n) is 7.01. The van der Waals surface area contributed by atoms with E-state index in [9.17, 15) is 40.8 Å². The molecule has 22 heteroatoms. The van der Waals surface area contributed by atoms with Crippen LogP contribution >= 0.6 is 0 Å². The van der Waals surface area contributed by atoms with E-state index in [-0.39, 0.29) is 66.2 Å². The van der Waals surface area contributed by atoms with Crippen LogP contribution in [0.3, 0.4) is 0 Å². The number of carbonyl (C=O) groups excluding carboxylic acids is 4. The van der Waals surface area contributed by atoms with Gasteiger partial charge in [-0.3, -0.25) is 38.7 Å². The first-order valence-corrected chi connectivity index (χ1v) is 20.1. The molecule has 3 aliphatic rings. The largest absolute Gasteiger partial charge is 0.421 e. The second-order valence-electron chi connectivity index (χ2n) is 14.1. The summed E-state index contributed by atoms with van der Waals surface area (Å²) in [7, 11) is -2.52. The standard InChI is InChI=1S/C37H37F4N11O6S/c1-50(59(2,57)58)32-28(42-11-12-43-32)19-45-31-26(37(39,40)41)18-46-36(49-31)47-22-4-3-20(27(38)15-22)17-44-21-9-13-51(14-10-21)23-5-6-24-25(16-23)35(56)52(34(24)55)29-7-8-30(53)48-33(29)54/h3-6,11-12,15-16,18,21,29,44H,7-10,13-14,17,19H2,1-2H3,(H,48,53,54)(H2,45,46,47,49). The lowest BCUT2D eigenvalue weighted by molar-refractivity contribution is -0.138. The number of nitrogens with zero attached hydrogens (tertiary/aromatic N) is 7. The van der Waals surface area contributed by atoms with E-state index >= 15 is 4.39 Å². The van der Waals surface area contributed by atoms with Gasteiger partial charge in [0.05, 0.1) is 23.9 Å². The third-order valence-electron chi connectivity index (χ3n) is 10.2. The Hall–Kier alpha value is -6.29. The van der Waals surface area contributed by atoms with Crippen molar-refractivity contribution in [2.45, 2.75) is 57.0 Å². The fraction of sp³-hybridized carbons (Fsp3) is 0.351. The molecule has 2 saturated heterocycles. The van der Waals surface area contributed by atoms with Gasteiger partial charge in [-0.15, -0.1) is 0 Å². The minimum absolute atomic E-state index is 0.0280. The van der Waals surface area contributed by atoms with Crippen molar-refractivity contribution >= 4 is 62.6 Å². The molecule has 4 amide bonds. The number of fused-ring (bicyclic) bond motifs is 1. The molecule has 2 aromatic heterocycles. The van der Waals surface area contributed by atoms with Crippen LogP contribution in [0.4, 0.5) is 46.5 Å². The van der Waals surface area contributed by atoms with Crippen LogP contribution in [-0.4, -0.2) is 95.4 Å². The quantitative estimate of drug-likeness (QED) is 0.119. The minimum Gasteiger partial charge on any atom is -0.371 e. The summed E-state index contributed by atoms with van der Waals surface area (Å²) in [5.41, 5.74) is 0.488. The van der Waals surface area contributed by atoms with E-state index in [1.54, 1.807) is 18.2 Å². The lowest BCUT2D eigenvalue weighted by Crippen LogP contribution is -2.54. The van der Waals surface area contributed by atoms with Gasteiger partial charge in [0.2, 0.25) is 27.8 Å². The number of hydrogen-bond acceptors (Lipinski definition) is 14. The molecule has 17 nitrogen and oxygen atoms in total. The summed E-state index contributed by atoms with van der Waals surface area (Å²) in [6.45, 7) is 1.01. The summed E-state index contributed by atoms with van der Waals surface area (Å²) in [4.78, 5) is 69.1. The Labute approximate surface area is 334 Å². The van der Waals surface area contributed by atoms with Gasteiger partial charge in [0.1, 0.15) is 28.9 Å². The van der Waals surface area contributed by atoms with Crippen molar-refractivity contribution in [2.75, 3.05) is 46.2 Å². The molecule has 4 N–H and O–H groups in total. The number of alkyl halides is 3. The molecule has 3 aliphatic heterocycles. The number of rotatable bonds is 12. The lowest BCUT2D eigenvalue weighted by Gasteiger charge is -2.34. The Morgan fingerprint density at radius 1 is 0.932 bits per heavy atom. The number of aromatic nitrogens is 4. The molecule has 0 spiro atoms. The average molecular weight is 840 g/mol. The molecular weight excluding hydrogens is 803 g/mol. The Bertz CT molecular complexity index is 2450. The molecule has 0 saturated carbocycles. The maximum atomic E-state index is 15.3. The number of hydrogen-bond donors (Lipinski definition) is 4. The van der Waals surface area contributed by atoms with E-state index in [4.69, 9.17) is 0 Å². The fourth-order valence-corrected chi connectivity index (χ4v) is 7.47. The summed E-state index contributed by atoms with van der Waals surface area (Å²) >= 11 is 0. The predicted octanol–water partition coefficient (Wildman–Crippen LogP) is 3.34. The normalized spacial score (nSPS) is 17.6. The summed E-state index contributed by atoms with van der Waals surface area (Å²) < 4.78 is 82.0. The Balaban J connectivity index is 0.945. The van der Waals surface area contributed by atoms with Gasteiger partial charge in [0.25, 0.3) is 11.8 Å². The van der Waals surface area contributed by atoms with Crippen LogP contribution in [0.25, 0.3) is 0 Å². The van der Waals surface area contributed by atoms with Gasteiger partial charge >= 0.3 is 6.18 Å². The zero-order valence-corrected chi connectivity index (χ0v) is 32.3. The van der Waals surface area contributed by atoms with E-state index in [1.807, 2.05) is 0 Å². The van der Waals surface area contributed by atoms with Gasteiger partial charge in [0, 0.05) is 74.7 Å². The highest BCUT2D eigenvalue weighted by Gasteiger charge is 2.45. The number of carbonyl (C=O) groups is 4. The van der Waals surface area contributed by atoms with E-state index in [1.165, 1.54) is 37.6 Å². The molecule has 5 heterocycles. The summed E-state index contributed by atoms with van der Waals surface area (Å²) in [6.07, 6.45) is 0.634. The maximum absolute atomic E-state index is 15.3. The molecule has 0 aliphatic carbocycles. The van der Waals surface area contributed by atoms with Crippen molar-refractivity contribution in [3.63, 3.8) is 0 Å². The van der Waals surface area contributed by atoms with Crippen molar-refractivity contribution in [2.24, 2.45) is 0 Å². The summed E-state index contributed by atoms with van der Waals surface area (Å²) in [5.74, 6) is -3.85. The van der Waals surface area contributed by atoms with Crippen LogP contribution in [0.5, 0.6) is 0 Å². The highest BCUT2D eigenvalue weighted by Crippen LogP contribution is 2.35. The Morgan fingerprint density at radius 3 is 2.36 bits per heavy atom. The number of anilines is 5. The highest BCUT2D eigenvalue weighted by atomic mass is 32.2. The Morgan fingerprint density at radius 2 is 1.66 bits per heavy atom. The van der Waals surface area contributed by atoms with Gasteiger partial charge in [0.15, 0.2) is 5.82 Å². The molecule has 0 radical (unpaired) electrons. The van der Waals surface area contributed by atoms with Crippen molar-refractivity contribution < 1.29 is 45.2 Å². The SMILES string of the molecule is CN(c1nccnc1CNc1nc(Nc2ccc(CNC3CCN(c4ccc5c(c4)C(=O)N(C4CCC(=O)NC4=O)C5=O)CC3)c(F)c2)ncc1C(F)(F)F)S(C)(=O)=O. The van der Waals surface area contributed by atoms with Crippen molar-refractivity contribution in [3.8, 4) is 0 Å². The topological polar surface area (TPSA) is 212 Å². The second kappa shape index (κ2) is 16.2. The van der Waals surface area contributed by atoms with Crippen LogP contribution in [-0.2, 0) is 38.9 Å². The summed E-state index contributed by atoms with van der Waals surface area (Å²) in [5, 5.41) is 10.8. The second-order valence-corrected chi connectivity index (χ2v) is 16.1. The van der Waals surface area contributed by atoms with E-state index < -0.39 is 63.1 Å². The van der Waals surface area contributed by atoms with Crippen LogP contribution in [0, 0.1) is 5.82 Å². The molecule has 4 aromatic rings. The van der Waals surface area contributed by atoms with Crippen molar-refractivity contribution in [3.05, 3.63) is 88.8 Å². The van der Waals surface area contributed by atoms with E-state index in [0.29, 0.717) is 37.7 Å². The van der Waals surface area contributed by atoms with E-state index in [0.717, 1.165) is 21.1 Å². The molecule has 59 heavy (non-hydrogen) atoms. The molecular formula is C37H37F4N11O6S. The number of piperidine rings is 2. The molecule has 310 valence electrons. The Kier molecular flexibility index (Phi) is 11.2. The first-order valence-electron chi connectivity index (χ1n) is 18.3. The number of halogens is 4. The first-order chi connectivity index (χ1) is 28.0. The number of nitrogens with one attached hydrogen (secondary N) is 4. The van der Waals surface area contributed by atoms with Crippen LogP contribution < -0.4 is 30.5 Å². The van der Waals surface area contributed by atoms with Gasteiger partial charge in [-0.2, -0.15) is 18.2 Å². The lowest BCUT2D eigenvalue weighted by atomic mass is 10.0. The summed E-state index contributed by atoms with van der Waals surface area (Å²) in [6, 6.07) is 8.17. The molecule has 2 fully saturated rings. The molecule has 1 atom stereocenters. The number of amides is 4. The van der Waals surface area contributed by atoms with Gasteiger partial charge < -0.3 is 20.9 Å². The zero-order chi connectivity index (χ0) is 42.2.